The standard InChI is InChI=1S/C21H23F5O2/c1-13-5-6-14(9-17(13)23)11-20(27,21(24,25)26)12-19(2,3)16-10-15(22)7-8-18(16)28-4/h5-10,27H,11-12H2,1-4H3. The Morgan fingerprint density at radius 2 is 1.64 bits per heavy atom. The molecule has 2 nitrogen and oxygen atoms in total. The van der Waals surface area contributed by atoms with Crippen molar-refractivity contribution in [1.82, 2.24) is 0 Å². The average Bonchev–Trinajstić information content (AvgIpc) is 2.56. The molecule has 154 valence electrons. The summed E-state index contributed by atoms with van der Waals surface area (Å²) in [6, 6.07) is 7.27. The van der Waals surface area contributed by atoms with Crippen LogP contribution >= 0.6 is 0 Å². The van der Waals surface area contributed by atoms with E-state index in [9.17, 15) is 27.1 Å². The summed E-state index contributed by atoms with van der Waals surface area (Å²) in [4.78, 5) is 0. The molecule has 0 saturated heterocycles. The maximum atomic E-state index is 13.8. The van der Waals surface area contributed by atoms with Crippen LogP contribution in [0.3, 0.4) is 0 Å². The fourth-order valence-corrected chi connectivity index (χ4v) is 3.38. The zero-order valence-corrected chi connectivity index (χ0v) is 16.1. The van der Waals surface area contributed by atoms with Gasteiger partial charge in [0.15, 0.2) is 5.60 Å². The fraction of sp³-hybridized carbons (Fsp3) is 0.429. The molecule has 2 aromatic carbocycles. The number of methoxy groups -OCH3 is 1. The summed E-state index contributed by atoms with van der Waals surface area (Å²) in [6.07, 6.45) is -6.57. The zero-order valence-electron chi connectivity index (χ0n) is 16.1. The van der Waals surface area contributed by atoms with E-state index in [1.807, 2.05) is 0 Å². The summed E-state index contributed by atoms with van der Waals surface area (Å²) in [6.45, 7) is 4.43. The highest BCUT2D eigenvalue weighted by Gasteiger charge is 2.56. The third-order valence-electron chi connectivity index (χ3n) is 4.89. The molecule has 0 fully saturated rings. The molecule has 0 spiro atoms. The zero-order chi connectivity index (χ0) is 21.3. The average molecular weight is 402 g/mol. The van der Waals surface area contributed by atoms with Crippen molar-refractivity contribution in [3.63, 3.8) is 0 Å². The third-order valence-corrected chi connectivity index (χ3v) is 4.89. The quantitative estimate of drug-likeness (QED) is 0.648. The molecular weight excluding hydrogens is 379 g/mol. The van der Waals surface area contributed by atoms with Crippen LogP contribution in [-0.4, -0.2) is 24.0 Å². The molecule has 1 N–H and O–H groups in total. The Balaban J connectivity index is 2.45. The maximum absolute atomic E-state index is 13.8. The van der Waals surface area contributed by atoms with E-state index in [1.165, 1.54) is 46.1 Å². The lowest BCUT2D eigenvalue weighted by atomic mass is 9.72. The van der Waals surface area contributed by atoms with Gasteiger partial charge in [-0.3, -0.25) is 0 Å². The number of hydrogen-bond acceptors (Lipinski definition) is 2. The molecular formula is C21H23F5O2. The molecule has 28 heavy (non-hydrogen) atoms. The van der Waals surface area contributed by atoms with Crippen molar-refractivity contribution in [2.75, 3.05) is 7.11 Å². The number of halogens is 5. The van der Waals surface area contributed by atoms with Crippen LogP contribution in [0.4, 0.5) is 22.0 Å². The van der Waals surface area contributed by atoms with E-state index in [0.717, 1.165) is 18.2 Å². The van der Waals surface area contributed by atoms with E-state index in [0.29, 0.717) is 5.56 Å². The lowest BCUT2D eigenvalue weighted by molar-refractivity contribution is -0.266. The van der Waals surface area contributed by atoms with Crippen LogP contribution < -0.4 is 4.74 Å². The Kier molecular flexibility index (Phi) is 6.09. The second-order valence-electron chi connectivity index (χ2n) is 7.69. The molecule has 0 aliphatic heterocycles. The topological polar surface area (TPSA) is 29.5 Å². The fourth-order valence-electron chi connectivity index (χ4n) is 3.38. The summed E-state index contributed by atoms with van der Waals surface area (Å²) in [5, 5.41) is 10.6. The van der Waals surface area contributed by atoms with Crippen LogP contribution in [0.5, 0.6) is 5.75 Å². The first-order valence-electron chi connectivity index (χ1n) is 8.67. The van der Waals surface area contributed by atoms with Gasteiger partial charge in [0.2, 0.25) is 0 Å². The Labute approximate surface area is 161 Å². The molecule has 0 aliphatic carbocycles. The predicted molar refractivity (Wildman–Crippen MR) is 96.4 cm³/mol. The Bertz CT molecular complexity index is 845. The number of hydrogen-bond donors (Lipinski definition) is 1. The lowest BCUT2D eigenvalue weighted by Crippen LogP contribution is -2.50. The van der Waals surface area contributed by atoms with E-state index in [-0.39, 0.29) is 16.9 Å². The van der Waals surface area contributed by atoms with Gasteiger partial charge < -0.3 is 9.84 Å². The molecule has 2 rings (SSSR count). The lowest BCUT2D eigenvalue weighted by Gasteiger charge is -2.38. The summed E-state index contributed by atoms with van der Waals surface area (Å²) in [5.74, 6) is -1.05. The molecule has 0 heterocycles. The Morgan fingerprint density at radius 1 is 1.00 bits per heavy atom. The number of ether oxygens (including phenoxy) is 1. The summed E-state index contributed by atoms with van der Waals surface area (Å²) in [5.41, 5.74) is -3.92. The van der Waals surface area contributed by atoms with Gasteiger partial charge in [-0.05, 0) is 54.2 Å². The number of rotatable bonds is 6. The van der Waals surface area contributed by atoms with E-state index < -0.39 is 41.7 Å². The van der Waals surface area contributed by atoms with Gasteiger partial charge in [0, 0.05) is 12.0 Å². The first-order valence-corrected chi connectivity index (χ1v) is 8.67. The van der Waals surface area contributed by atoms with E-state index in [2.05, 4.69) is 0 Å². The van der Waals surface area contributed by atoms with E-state index in [4.69, 9.17) is 4.74 Å². The van der Waals surface area contributed by atoms with Gasteiger partial charge in [-0.15, -0.1) is 0 Å². The van der Waals surface area contributed by atoms with Crippen LogP contribution in [0.25, 0.3) is 0 Å². The number of aliphatic hydroxyl groups is 1. The smallest absolute Gasteiger partial charge is 0.417 e. The number of alkyl halides is 3. The first kappa shape index (κ1) is 22.1. The second-order valence-corrected chi connectivity index (χ2v) is 7.69. The SMILES string of the molecule is COc1ccc(F)cc1C(C)(C)CC(O)(Cc1ccc(C)c(F)c1)C(F)(F)F. The second kappa shape index (κ2) is 7.70. The van der Waals surface area contributed by atoms with Crippen LogP contribution in [0.2, 0.25) is 0 Å². The highest BCUT2D eigenvalue weighted by Crippen LogP contribution is 2.45. The molecule has 0 radical (unpaired) electrons. The van der Waals surface area contributed by atoms with Crippen LogP contribution in [-0.2, 0) is 11.8 Å². The molecule has 0 amide bonds. The summed E-state index contributed by atoms with van der Waals surface area (Å²) >= 11 is 0. The van der Waals surface area contributed by atoms with Gasteiger partial charge >= 0.3 is 6.18 Å². The molecule has 1 unspecified atom stereocenters. The van der Waals surface area contributed by atoms with Crippen LogP contribution in [0, 0.1) is 18.6 Å². The van der Waals surface area contributed by atoms with Gasteiger partial charge in [-0.25, -0.2) is 8.78 Å². The molecule has 0 bridgehead atoms. The Hall–Kier alpha value is -2.15. The highest BCUT2D eigenvalue weighted by molar-refractivity contribution is 5.40. The van der Waals surface area contributed by atoms with Gasteiger partial charge in [0.25, 0.3) is 0 Å². The molecule has 2 aromatic rings. The normalized spacial score (nSPS) is 14.6. The van der Waals surface area contributed by atoms with Gasteiger partial charge in [0.1, 0.15) is 17.4 Å². The molecule has 0 saturated carbocycles. The van der Waals surface area contributed by atoms with Crippen molar-refractivity contribution in [1.29, 1.82) is 0 Å². The number of aryl methyl sites for hydroxylation is 1. The minimum atomic E-state index is -4.98. The summed E-state index contributed by atoms with van der Waals surface area (Å²) < 4.78 is 74.1. The molecule has 0 aliphatic rings. The monoisotopic (exact) mass is 402 g/mol. The van der Waals surface area contributed by atoms with Crippen LogP contribution in [0.15, 0.2) is 36.4 Å². The van der Waals surface area contributed by atoms with Crippen molar-refractivity contribution in [2.45, 2.75) is 50.8 Å². The Morgan fingerprint density at radius 3 is 2.18 bits per heavy atom. The minimum Gasteiger partial charge on any atom is -0.496 e. The van der Waals surface area contributed by atoms with Gasteiger partial charge in [-0.1, -0.05) is 26.0 Å². The van der Waals surface area contributed by atoms with Crippen molar-refractivity contribution in [2.24, 2.45) is 0 Å². The van der Waals surface area contributed by atoms with Crippen molar-refractivity contribution in [3.05, 3.63) is 64.7 Å². The molecule has 7 heteroatoms. The van der Waals surface area contributed by atoms with Crippen molar-refractivity contribution in [3.8, 4) is 5.75 Å². The maximum Gasteiger partial charge on any atom is 0.417 e. The first-order chi connectivity index (χ1) is 12.8. The third kappa shape index (κ3) is 4.63. The predicted octanol–water partition coefficient (Wildman–Crippen LogP) is 5.49. The van der Waals surface area contributed by atoms with Gasteiger partial charge in [0.05, 0.1) is 7.11 Å². The van der Waals surface area contributed by atoms with Crippen molar-refractivity contribution < 1.29 is 31.8 Å². The highest BCUT2D eigenvalue weighted by atomic mass is 19.4. The minimum absolute atomic E-state index is 0.0185. The van der Waals surface area contributed by atoms with Crippen molar-refractivity contribution >= 4 is 0 Å². The van der Waals surface area contributed by atoms with Crippen LogP contribution in [0.1, 0.15) is 37.0 Å². The van der Waals surface area contributed by atoms with Gasteiger partial charge in [-0.2, -0.15) is 13.2 Å². The summed E-state index contributed by atoms with van der Waals surface area (Å²) in [7, 11) is 1.33. The molecule has 0 aromatic heterocycles. The molecule has 1 atom stereocenters. The van der Waals surface area contributed by atoms with E-state index >= 15 is 0 Å². The van der Waals surface area contributed by atoms with E-state index in [1.54, 1.807) is 0 Å². The number of benzene rings is 2. The largest absolute Gasteiger partial charge is 0.496 e.